The molecule has 1 aliphatic carbocycles. The lowest BCUT2D eigenvalue weighted by molar-refractivity contribution is -0.00905. The number of anilines is 1. The van der Waals surface area contributed by atoms with Gasteiger partial charge in [-0.1, -0.05) is 24.4 Å². The number of fused-ring (bicyclic) bond motifs is 1. The number of hydrogen-bond acceptors (Lipinski definition) is 4. The van der Waals surface area contributed by atoms with E-state index in [1.54, 1.807) is 0 Å². The van der Waals surface area contributed by atoms with Gasteiger partial charge < -0.3 is 9.64 Å². The molecule has 1 aromatic heterocycles. The summed E-state index contributed by atoms with van der Waals surface area (Å²) in [4.78, 5) is 11.2. The number of rotatable bonds is 1. The summed E-state index contributed by atoms with van der Waals surface area (Å²) in [7, 11) is 0. The summed E-state index contributed by atoms with van der Waals surface area (Å²) in [5.74, 6) is 1.74. The molecule has 0 N–H and O–H groups in total. The summed E-state index contributed by atoms with van der Waals surface area (Å²) in [6.45, 7) is 5.58. The van der Waals surface area contributed by atoms with Crippen LogP contribution in [0.4, 0.5) is 5.82 Å². The van der Waals surface area contributed by atoms with Crippen molar-refractivity contribution < 1.29 is 4.74 Å². The van der Waals surface area contributed by atoms with E-state index in [9.17, 15) is 0 Å². The van der Waals surface area contributed by atoms with Gasteiger partial charge in [-0.15, -0.1) is 0 Å². The van der Waals surface area contributed by atoms with Crippen LogP contribution >= 0.6 is 11.6 Å². The van der Waals surface area contributed by atoms with Crippen LogP contribution in [0.1, 0.15) is 37.1 Å². The smallest absolute Gasteiger partial charge is 0.137 e. The Morgan fingerprint density at radius 2 is 2.00 bits per heavy atom. The molecule has 1 aromatic rings. The minimum absolute atomic E-state index is 0.357. The van der Waals surface area contributed by atoms with Gasteiger partial charge in [0.15, 0.2) is 0 Å². The van der Waals surface area contributed by atoms with Crippen LogP contribution in [0.5, 0.6) is 0 Å². The highest BCUT2D eigenvalue weighted by atomic mass is 35.5. The summed E-state index contributed by atoms with van der Waals surface area (Å²) in [5, 5.41) is 0.571. The minimum Gasteiger partial charge on any atom is -0.374 e. The van der Waals surface area contributed by atoms with E-state index in [4.69, 9.17) is 16.3 Å². The summed E-state index contributed by atoms with van der Waals surface area (Å²) < 4.78 is 5.92. The quantitative estimate of drug-likeness (QED) is 0.742. The maximum atomic E-state index is 6.20. The van der Waals surface area contributed by atoms with Crippen molar-refractivity contribution >= 4 is 17.4 Å². The SMILES string of the molecule is Cc1nc(Cl)c(C)c(N2CCOC3CCCCC32)n1. The van der Waals surface area contributed by atoms with E-state index < -0.39 is 0 Å². The third-order valence-corrected chi connectivity index (χ3v) is 4.54. The Hall–Kier alpha value is -0.870. The van der Waals surface area contributed by atoms with Gasteiger partial charge in [0.05, 0.1) is 18.8 Å². The molecule has 0 spiro atoms. The highest BCUT2D eigenvalue weighted by molar-refractivity contribution is 6.30. The monoisotopic (exact) mass is 281 g/mol. The van der Waals surface area contributed by atoms with Gasteiger partial charge in [-0.2, -0.15) is 0 Å². The Bertz CT molecular complexity index is 478. The van der Waals surface area contributed by atoms with Crippen LogP contribution in [0.2, 0.25) is 5.15 Å². The molecule has 1 saturated heterocycles. The Labute approximate surface area is 119 Å². The Kier molecular flexibility index (Phi) is 3.63. The molecule has 2 unspecified atom stereocenters. The summed E-state index contributed by atoms with van der Waals surface area (Å²) >= 11 is 6.20. The average Bonchev–Trinajstić information content (AvgIpc) is 2.42. The van der Waals surface area contributed by atoms with Gasteiger partial charge in [0.1, 0.15) is 16.8 Å². The third-order valence-electron chi connectivity index (χ3n) is 4.18. The standard InChI is InChI=1S/C14H20ClN3O/c1-9-13(15)16-10(2)17-14(9)18-7-8-19-12-6-4-3-5-11(12)18/h11-12H,3-8H2,1-2H3. The second-order valence-corrected chi connectivity index (χ2v) is 5.82. The number of hydrogen-bond donors (Lipinski definition) is 0. The van der Waals surface area contributed by atoms with E-state index in [0.29, 0.717) is 17.3 Å². The molecule has 0 amide bonds. The van der Waals surface area contributed by atoms with Crippen molar-refractivity contribution in [2.24, 2.45) is 0 Å². The Balaban J connectivity index is 1.96. The van der Waals surface area contributed by atoms with E-state index in [0.717, 1.165) is 36.8 Å². The zero-order chi connectivity index (χ0) is 13.4. The van der Waals surface area contributed by atoms with E-state index >= 15 is 0 Å². The highest BCUT2D eigenvalue weighted by Gasteiger charge is 2.35. The van der Waals surface area contributed by atoms with Crippen LogP contribution in [0.25, 0.3) is 0 Å². The molecule has 2 atom stereocenters. The fraction of sp³-hybridized carbons (Fsp3) is 0.714. The topological polar surface area (TPSA) is 38.2 Å². The maximum Gasteiger partial charge on any atom is 0.137 e. The molecule has 0 aromatic carbocycles. The van der Waals surface area contributed by atoms with Gasteiger partial charge in [0, 0.05) is 12.1 Å². The number of nitrogens with zero attached hydrogens (tertiary/aromatic N) is 3. The lowest BCUT2D eigenvalue weighted by Crippen LogP contribution is -2.53. The number of halogens is 1. The minimum atomic E-state index is 0.357. The van der Waals surface area contributed by atoms with Crippen molar-refractivity contribution in [1.82, 2.24) is 9.97 Å². The molecule has 19 heavy (non-hydrogen) atoms. The number of aryl methyl sites for hydroxylation is 1. The lowest BCUT2D eigenvalue weighted by atomic mass is 9.90. The summed E-state index contributed by atoms with van der Waals surface area (Å²) in [6.07, 6.45) is 5.26. The number of morpholine rings is 1. The first-order valence-corrected chi connectivity index (χ1v) is 7.43. The van der Waals surface area contributed by atoms with Crippen molar-refractivity contribution in [3.63, 3.8) is 0 Å². The maximum absolute atomic E-state index is 6.20. The van der Waals surface area contributed by atoms with Crippen LogP contribution in [0.3, 0.4) is 0 Å². The van der Waals surface area contributed by atoms with E-state index in [-0.39, 0.29) is 0 Å². The van der Waals surface area contributed by atoms with Gasteiger partial charge in [-0.25, -0.2) is 9.97 Å². The first-order chi connectivity index (χ1) is 9.16. The normalized spacial score (nSPS) is 27.2. The van der Waals surface area contributed by atoms with E-state index in [1.807, 2.05) is 13.8 Å². The molecule has 0 radical (unpaired) electrons. The average molecular weight is 282 g/mol. The zero-order valence-corrected chi connectivity index (χ0v) is 12.3. The first-order valence-electron chi connectivity index (χ1n) is 7.06. The van der Waals surface area contributed by atoms with Gasteiger partial charge in [0.2, 0.25) is 0 Å². The lowest BCUT2D eigenvalue weighted by Gasteiger charge is -2.44. The molecule has 0 bridgehead atoms. The zero-order valence-electron chi connectivity index (χ0n) is 11.5. The molecule has 1 aliphatic heterocycles. The van der Waals surface area contributed by atoms with E-state index in [2.05, 4.69) is 14.9 Å². The van der Waals surface area contributed by atoms with Gasteiger partial charge in [-0.05, 0) is 26.7 Å². The molecule has 104 valence electrons. The molecule has 2 heterocycles. The van der Waals surface area contributed by atoms with Crippen molar-refractivity contribution in [3.8, 4) is 0 Å². The van der Waals surface area contributed by atoms with Crippen LogP contribution in [0, 0.1) is 13.8 Å². The number of ether oxygens (including phenoxy) is 1. The molecular formula is C14H20ClN3O. The second kappa shape index (κ2) is 5.25. The van der Waals surface area contributed by atoms with Gasteiger partial charge >= 0.3 is 0 Å². The fourth-order valence-corrected chi connectivity index (χ4v) is 3.43. The summed E-state index contributed by atoms with van der Waals surface area (Å²) in [5.41, 5.74) is 0.985. The molecule has 1 saturated carbocycles. The van der Waals surface area contributed by atoms with Crippen LogP contribution in [-0.4, -0.2) is 35.3 Å². The van der Waals surface area contributed by atoms with Crippen molar-refractivity contribution in [2.45, 2.75) is 51.7 Å². The van der Waals surface area contributed by atoms with Crippen LogP contribution in [0.15, 0.2) is 0 Å². The molecule has 5 heteroatoms. The van der Waals surface area contributed by atoms with Crippen LogP contribution < -0.4 is 4.90 Å². The largest absolute Gasteiger partial charge is 0.374 e. The van der Waals surface area contributed by atoms with E-state index in [1.165, 1.54) is 19.3 Å². The van der Waals surface area contributed by atoms with Crippen LogP contribution in [-0.2, 0) is 4.74 Å². The predicted octanol–water partition coefficient (Wildman–Crippen LogP) is 2.89. The molecule has 2 fully saturated rings. The highest BCUT2D eigenvalue weighted by Crippen LogP contribution is 2.33. The predicted molar refractivity (Wildman–Crippen MR) is 75.9 cm³/mol. The fourth-order valence-electron chi connectivity index (χ4n) is 3.22. The second-order valence-electron chi connectivity index (χ2n) is 5.46. The van der Waals surface area contributed by atoms with Gasteiger partial charge in [0.25, 0.3) is 0 Å². The molecule has 4 nitrogen and oxygen atoms in total. The van der Waals surface area contributed by atoms with Crippen molar-refractivity contribution in [1.29, 1.82) is 0 Å². The third kappa shape index (κ3) is 2.43. The Morgan fingerprint density at radius 1 is 1.21 bits per heavy atom. The van der Waals surface area contributed by atoms with Gasteiger partial charge in [-0.3, -0.25) is 0 Å². The molecule has 2 aliphatic rings. The number of aromatic nitrogens is 2. The summed E-state index contributed by atoms with van der Waals surface area (Å²) in [6, 6.07) is 0.451. The van der Waals surface area contributed by atoms with Crippen molar-refractivity contribution in [3.05, 3.63) is 16.5 Å². The molecule has 3 rings (SSSR count). The Morgan fingerprint density at radius 3 is 2.84 bits per heavy atom. The van der Waals surface area contributed by atoms with Crippen molar-refractivity contribution in [2.75, 3.05) is 18.1 Å². The molecular weight excluding hydrogens is 262 g/mol. The first kappa shape index (κ1) is 13.1.